The van der Waals surface area contributed by atoms with Gasteiger partial charge in [-0.2, -0.15) is 0 Å². The molecule has 0 heterocycles. The highest BCUT2D eigenvalue weighted by Gasteiger charge is 2.32. The molecule has 10 heteroatoms. The van der Waals surface area contributed by atoms with Crippen molar-refractivity contribution in [3.8, 4) is 0 Å². The molecule has 0 aliphatic carbocycles. The standard InChI is InChI=1S/C24H31F2N3O4S/c1-5-17(3)27-24(31)21(6-2)28(15-18-11-13-19(25)14-12-18)23(30)16-29(34(4,32)33)22-10-8-7-9-20(22)26/h7-14,17,21H,5-6,15-16H2,1-4H3,(H,27,31)/t17-,21-/m1/s1. The number of sulfonamides is 1. The van der Waals surface area contributed by atoms with Gasteiger partial charge in [-0.05, 0) is 49.6 Å². The molecule has 2 amide bonds. The Hall–Kier alpha value is -3.01. The van der Waals surface area contributed by atoms with Crippen LogP contribution < -0.4 is 9.62 Å². The third-order valence-electron chi connectivity index (χ3n) is 5.45. The molecule has 0 aromatic heterocycles. The van der Waals surface area contributed by atoms with E-state index in [1.165, 1.54) is 47.4 Å². The monoisotopic (exact) mass is 495 g/mol. The Balaban J connectivity index is 2.44. The van der Waals surface area contributed by atoms with E-state index in [0.29, 0.717) is 16.3 Å². The minimum Gasteiger partial charge on any atom is -0.352 e. The van der Waals surface area contributed by atoms with E-state index < -0.39 is 40.2 Å². The first-order valence-electron chi connectivity index (χ1n) is 11.0. The van der Waals surface area contributed by atoms with Crippen LogP contribution in [0, 0.1) is 11.6 Å². The van der Waals surface area contributed by atoms with Crippen LogP contribution in [0.4, 0.5) is 14.5 Å². The molecular formula is C24H31F2N3O4S. The summed E-state index contributed by atoms with van der Waals surface area (Å²) in [6, 6.07) is 9.65. The van der Waals surface area contributed by atoms with E-state index >= 15 is 0 Å². The molecule has 2 rings (SSSR count). The van der Waals surface area contributed by atoms with Gasteiger partial charge in [0.15, 0.2) is 0 Å². The summed E-state index contributed by atoms with van der Waals surface area (Å²) in [5, 5.41) is 2.85. The van der Waals surface area contributed by atoms with Gasteiger partial charge in [0.05, 0.1) is 11.9 Å². The van der Waals surface area contributed by atoms with E-state index in [4.69, 9.17) is 0 Å². The fourth-order valence-corrected chi connectivity index (χ4v) is 4.25. The summed E-state index contributed by atoms with van der Waals surface area (Å²) in [5.74, 6) is -2.33. The lowest BCUT2D eigenvalue weighted by atomic mass is 10.1. The average Bonchev–Trinajstić information content (AvgIpc) is 2.78. The number of carbonyl (C=O) groups is 2. The quantitative estimate of drug-likeness (QED) is 0.517. The van der Waals surface area contributed by atoms with E-state index in [9.17, 15) is 26.8 Å². The Bertz CT molecular complexity index is 1090. The molecule has 186 valence electrons. The van der Waals surface area contributed by atoms with Crippen molar-refractivity contribution in [1.82, 2.24) is 10.2 Å². The van der Waals surface area contributed by atoms with Crippen LogP contribution in [0.3, 0.4) is 0 Å². The Labute approximate surface area is 199 Å². The number of halogens is 2. The second-order valence-electron chi connectivity index (χ2n) is 8.11. The molecule has 1 N–H and O–H groups in total. The fourth-order valence-electron chi connectivity index (χ4n) is 3.40. The average molecular weight is 496 g/mol. The van der Waals surface area contributed by atoms with Crippen molar-refractivity contribution < 1.29 is 26.8 Å². The number of amides is 2. The van der Waals surface area contributed by atoms with Crippen molar-refractivity contribution in [2.45, 2.75) is 52.2 Å². The minimum absolute atomic E-state index is 0.0551. The number of carbonyl (C=O) groups excluding carboxylic acids is 2. The molecule has 0 aliphatic rings. The van der Waals surface area contributed by atoms with E-state index in [1.807, 2.05) is 13.8 Å². The maximum Gasteiger partial charge on any atom is 0.244 e. The number of anilines is 1. The van der Waals surface area contributed by atoms with Gasteiger partial charge >= 0.3 is 0 Å². The predicted octanol–water partition coefficient (Wildman–Crippen LogP) is 3.45. The topological polar surface area (TPSA) is 86.8 Å². The first-order valence-corrected chi connectivity index (χ1v) is 12.9. The molecular weight excluding hydrogens is 464 g/mol. The van der Waals surface area contributed by atoms with Gasteiger partial charge in [0.2, 0.25) is 21.8 Å². The lowest BCUT2D eigenvalue weighted by Crippen LogP contribution is -2.53. The van der Waals surface area contributed by atoms with Gasteiger partial charge in [0.1, 0.15) is 24.2 Å². The lowest BCUT2D eigenvalue weighted by molar-refractivity contribution is -0.140. The smallest absolute Gasteiger partial charge is 0.244 e. The Kier molecular flexibility index (Phi) is 9.55. The Morgan fingerprint density at radius 1 is 1.00 bits per heavy atom. The maximum absolute atomic E-state index is 14.4. The van der Waals surface area contributed by atoms with Crippen molar-refractivity contribution in [2.75, 3.05) is 17.1 Å². The predicted molar refractivity (Wildman–Crippen MR) is 128 cm³/mol. The highest BCUT2D eigenvalue weighted by atomic mass is 32.2. The molecule has 0 fully saturated rings. The fraction of sp³-hybridized carbons (Fsp3) is 0.417. The van der Waals surface area contributed by atoms with Gasteiger partial charge in [0, 0.05) is 12.6 Å². The zero-order chi connectivity index (χ0) is 25.5. The van der Waals surface area contributed by atoms with E-state index in [0.717, 1.165) is 12.3 Å². The molecule has 7 nitrogen and oxygen atoms in total. The molecule has 2 atom stereocenters. The number of nitrogens with zero attached hydrogens (tertiary/aromatic N) is 2. The SMILES string of the molecule is CC[C@@H](C)NC(=O)[C@@H](CC)N(Cc1ccc(F)cc1)C(=O)CN(c1ccccc1F)S(C)(=O)=O. The third-order valence-corrected chi connectivity index (χ3v) is 6.58. The van der Waals surface area contributed by atoms with Crippen LogP contribution in [-0.2, 0) is 26.2 Å². The van der Waals surface area contributed by atoms with Crippen molar-refractivity contribution in [3.63, 3.8) is 0 Å². The van der Waals surface area contributed by atoms with Gasteiger partial charge in [-0.25, -0.2) is 17.2 Å². The zero-order valence-electron chi connectivity index (χ0n) is 19.8. The molecule has 0 bridgehead atoms. The Morgan fingerprint density at radius 3 is 2.15 bits per heavy atom. The molecule has 0 saturated carbocycles. The van der Waals surface area contributed by atoms with Crippen LogP contribution in [0.1, 0.15) is 39.2 Å². The summed E-state index contributed by atoms with van der Waals surface area (Å²) < 4.78 is 53.4. The summed E-state index contributed by atoms with van der Waals surface area (Å²) in [6.45, 7) is 4.72. The highest BCUT2D eigenvalue weighted by molar-refractivity contribution is 7.92. The third kappa shape index (κ3) is 7.24. The Morgan fingerprint density at radius 2 is 1.62 bits per heavy atom. The summed E-state index contributed by atoms with van der Waals surface area (Å²) >= 11 is 0. The van der Waals surface area contributed by atoms with Crippen LogP contribution in [0.2, 0.25) is 0 Å². The highest BCUT2D eigenvalue weighted by Crippen LogP contribution is 2.22. The zero-order valence-corrected chi connectivity index (χ0v) is 20.6. The van der Waals surface area contributed by atoms with Gasteiger partial charge in [-0.15, -0.1) is 0 Å². The van der Waals surface area contributed by atoms with Crippen molar-refractivity contribution >= 4 is 27.5 Å². The van der Waals surface area contributed by atoms with Crippen molar-refractivity contribution in [1.29, 1.82) is 0 Å². The molecule has 0 radical (unpaired) electrons. The largest absolute Gasteiger partial charge is 0.352 e. The van der Waals surface area contributed by atoms with E-state index in [1.54, 1.807) is 6.92 Å². The molecule has 2 aromatic rings. The van der Waals surface area contributed by atoms with Crippen LogP contribution in [0.25, 0.3) is 0 Å². The van der Waals surface area contributed by atoms with E-state index in [-0.39, 0.29) is 30.6 Å². The summed E-state index contributed by atoms with van der Waals surface area (Å²) in [6.07, 6.45) is 1.82. The van der Waals surface area contributed by atoms with Crippen molar-refractivity contribution in [3.05, 3.63) is 65.7 Å². The first kappa shape index (κ1) is 27.2. The van der Waals surface area contributed by atoms with Crippen LogP contribution in [0.5, 0.6) is 0 Å². The van der Waals surface area contributed by atoms with Crippen LogP contribution in [-0.4, -0.2) is 50.0 Å². The number of para-hydroxylation sites is 1. The van der Waals surface area contributed by atoms with Crippen molar-refractivity contribution in [2.24, 2.45) is 0 Å². The molecule has 34 heavy (non-hydrogen) atoms. The molecule has 0 unspecified atom stereocenters. The molecule has 0 spiro atoms. The molecule has 0 saturated heterocycles. The summed E-state index contributed by atoms with van der Waals surface area (Å²) in [5.41, 5.74) is 0.290. The van der Waals surface area contributed by atoms with Crippen LogP contribution >= 0.6 is 0 Å². The number of hydrogen-bond donors (Lipinski definition) is 1. The number of nitrogens with one attached hydrogen (secondary N) is 1. The second-order valence-corrected chi connectivity index (χ2v) is 10.0. The van der Waals surface area contributed by atoms with Gasteiger partial charge in [-0.3, -0.25) is 13.9 Å². The molecule has 0 aliphatic heterocycles. The summed E-state index contributed by atoms with van der Waals surface area (Å²) in [7, 11) is -4.03. The number of rotatable bonds is 11. The van der Waals surface area contributed by atoms with Gasteiger partial charge in [0.25, 0.3) is 0 Å². The van der Waals surface area contributed by atoms with Gasteiger partial charge in [-0.1, -0.05) is 38.1 Å². The minimum atomic E-state index is -4.03. The van der Waals surface area contributed by atoms with E-state index in [2.05, 4.69) is 5.32 Å². The molecule has 2 aromatic carbocycles. The maximum atomic E-state index is 14.4. The lowest BCUT2D eigenvalue weighted by Gasteiger charge is -2.33. The number of hydrogen-bond acceptors (Lipinski definition) is 4. The second kappa shape index (κ2) is 11.9. The van der Waals surface area contributed by atoms with Crippen LogP contribution in [0.15, 0.2) is 48.5 Å². The number of benzene rings is 2. The normalized spacial score (nSPS) is 13.1. The van der Waals surface area contributed by atoms with Gasteiger partial charge < -0.3 is 10.2 Å². The first-order chi connectivity index (χ1) is 16.0. The summed E-state index contributed by atoms with van der Waals surface area (Å²) in [4.78, 5) is 27.7.